The molecule has 3 aromatic rings. The summed E-state index contributed by atoms with van der Waals surface area (Å²) in [6.07, 6.45) is 2.63. The Morgan fingerprint density at radius 1 is 0.968 bits per heavy atom. The Bertz CT molecular complexity index is 1110. The second kappa shape index (κ2) is 7.79. The van der Waals surface area contributed by atoms with Gasteiger partial charge in [-0.15, -0.1) is 5.10 Å². The molecule has 2 bridgehead atoms. The van der Waals surface area contributed by atoms with Crippen molar-refractivity contribution in [2.24, 2.45) is 0 Å². The van der Waals surface area contributed by atoms with Crippen LogP contribution in [0.15, 0.2) is 36.4 Å². The van der Waals surface area contributed by atoms with Crippen LogP contribution < -0.4 is 10.2 Å². The highest BCUT2D eigenvalue weighted by atomic mass is 15.3. The van der Waals surface area contributed by atoms with Crippen molar-refractivity contribution in [1.82, 2.24) is 15.1 Å². The normalized spacial score (nSPS) is 22.2. The van der Waals surface area contributed by atoms with E-state index in [1.807, 2.05) is 6.92 Å². The molecule has 5 heteroatoms. The van der Waals surface area contributed by atoms with Crippen LogP contribution in [-0.4, -0.2) is 47.3 Å². The second-order valence-electron chi connectivity index (χ2n) is 9.47. The van der Waals surface area contributed by atoms with Crippen molar-refractivity contribution >= 4 is 22.3 Å². The summed E-state index contributed by atoms with van der Waals surface area (Å²) in [7, 11) is 2.29. The largest absolute Gasteiger partial charge is 0.368 e. The van der Waals surface area contributed by atoms with E-state index in [4.69, 9.17) is 0 Å². The fourth-order valence-corrected chi connectivity index (χ4v) is 5.43. The molecule has 0 saturated carbocycles. The number of hydrogen-bond acceptors (Lipinski definition) is 5. The molecule has 1 N–H and O–H groups in total. The molecule has 2 fully saturated rings. The molecule has 2 aliphatic rings. The fraction of sp³-hybridized carbons (Fsp3) is 0.462. The number of likely N-dealkylation sites (N-methyl/N-ethyl adjacent to an activating group) is 1. The Morgan fingerprint density at radius 2 is 1.71 bits per heavy atom. The molecule has 0 aliphatic carbocycles. The minimum absolute atomic E-state index is 0.156. The van der Waals surface area contributed by atoms with Gasteiger partial charge in [0.2, 0.25) is 0 Å². The predicted molar refractivity (Wildman–Crippen MR) is 129 cm³/mol. The molecular weight excluding hydrogens is 382 g/mol. The van der Waals surface area contributed by atoms with Gasteiger partial charge in [0.25, 0.3) is 0 Å². The smallest absolute Gasteiger partial charge is 0.157 e. The predicted octanol–water partition coefficient (Wildman–Crippen LogP) is 5.01. The summed E-state index contributed by atoms with van der Waals surface area (Å²) in [5.74, 6) is 0.868. The summed E-state index contributed by atoms with van der Waals surface area (Å²) >= 11 is 0. The minimum atomic E-state index is 0.156. The van der Waals surface area contributed by atoms with Gasteiger partial charge in [-0.2, -0.15) is 5.10 Å². The Balaban J connectivity index is 1.49. The van der Waals surface area contributed by atoms with Gasteiger partial charge < -0.3 is 10.2 Å². The summed E-state index contributed by atoms with van der Waals surface area (Å²) in [6.45, 7) is 10.8. The number of nitrogens with zero attached hydrogens (tertiary/aromatic N) is 4. The first-order chi connectivity index (χ1) is 14.9. The Kier molecular flexibility index (Phi) is 5.09. The van der Waals surface area contributed by atoms with E-state index in [1.54, 1.807) is 0 Å². The highest BCUT2D eigenvalue weighted by Gasteiger charge is 2.37. The van der Waals surface area contributed by atoms with Crippen molar-refractivity contribution in [3.8, 4) is 0 Å². The summed E-state index contributed by atoms with van der Waals surface area (Å²) in [6, 6.07) is 14.8. The zero-order chi connectivity index (χ0) is 21.7. The van der Waals surface area contributed by atoms with Crippen molar-refractivity contribution in [2.75, 3.05) is 30.4 Å². The lowest BCUT2D eigenvalue weighted by atomic mass is 9.98. The van der Waals surface area contributed by atoms with Crippen molar-refractivity contribution in [3.05, 3.63) is 58.8 Å². The maximum Gasteiger partial charge on any atom is 0.157 e. The van der Waals surface area contributed by atoms with Gasteiger partial charge in [0.1, 0.15) is 0 Å². The number of aryl methyl sites for hydroxylation is 2. The van der Waals surface area contributed by atoms with Gasteiger partial charge in [-0.1, -0.05) is 24.3 Å². The number of piperazine rings is 1. The van der Waals surface area contributed by atoms with E-state index in [1.165, 1.54) is 40.6 Å². The monoisotopic (exact) mass is 415 g/mol. The highest BCUT2D eigenvalue weighted by molar-refractivity contribution is 5.95. The zero-order valence-electron chi connectivity index (χ0n) is 19.3. The third-order valence-corrected chi connectivity index (χ3v) is 7.63. The van der Waals surface area contributed by atoms with E-state index in [9.17, 15) is 0 Å². The molecule has 2 aliphatic heterocycles. The first-order valence-electron chi connectivity index (χ1n) is 11.5. The van der Waals surface area contributed by atoms with Crippen LogP contribution in [0.4, 0.5) is 11.5 Å². The fourth-order valence-electron chi connectivity index (χ4n) is 5.43. The van der Waals surface area contributed by atoms with E-state index in [0.717, 1.165) is 30.0 Å². The van der Waals surface area contributed by atoms with Gasteiger partial charge in [-0.05, 0) is 76.4 Å². The van der Waals surface area contributed by atoms with E-state index in [2.05, 4.69) is 89.5 Å². The Labute approximate surface area is 185 Å². The molecule has 0 radical (unpaired) electrons. The van der Waals surface area contributed by atoms with Gasteiger partial charge in [0.15, 0.2) is 5.82 Å². The van der Waals surface area contributed by atoms with Gasteiger partial charge in [-0.25, -0.2) is 0 Å². The number of fused-ring (bicyclic) bond motifs is 3. The van der Waals surface area contributed by atoms with Crippen molar-refractivity contribution in [2.45, 2.75) is 58.7 Å². The summed E-state index contributed by atoms with van der Waals surface area (Å²) in [5.41, 5.74) is 6.23. The van der Waals surface area contributed by atoms with Crippen LogP contribution in [0.25, 0.3) is 10.8 Å². The number of benzene rings is 2. The molecule has 0 amide bonds. The average molecular weight is 416 g/mol. The van der Waals surface area contributed by atoms with Gasteiger partial charge in [0.05, 0.1) is 11.7 Å². The van der Waals surface area contributed by atoms with Crippen LogP contribution in [0, 0.1) is 20.8 Å². The van der Waals surface area contributed by atoms with Crippen LogP contribution in [0.2, 0.25) is 0 Å². The summed E-state index contributed by atoms with van der Waals surface area (Å²) in [4.78, 5) is 5.14. The third-order valence-electron chi connectivity index (χ3n) is 7.63. The molecular formula is C26H33N5. The molecule has 3 atom stereocenters. The lowest BCUT2D eigenvalue weighted by Crippen LogP contribution is -2.52. The Hall–Kier alpha value is -2.66. The third kappa shape index (κ3) is 3.55. The molecule has 1 aromatic heterocycles. The molecule has 5 nitrogen and oxygen atoms in total. The van der Waals surface area contributed by atoms with Crippen molar-refractivity contribution in [3.63, 3.8) is 0 Å². The first-order valence-corrected chi connectivity index (χ1v) is 11.5. The SMILES string of the molecule is Cc1cccc([C@@H](C)Nc2nnc(C)c3ccc(N4CC5CCC(C4)N5C)cc23)c1C. The summed E-state index contributed by atoms with van der Waals surface area (Å²) in [5, 5.41) is 15.0. The van der Waals surface area contributed by atoms with Gasteiger partial charge >= 0.3 is 0 Å². The molecule has 2 unspecified atom stereocenters. The lowest BCUT2D eigenvalue weighted by molar-refractivity contribution is 0.212. The number of hydrogen-bond donors (Lipinski definition) is 1. The molecule has 2 aromatic carbocycles. The maximum absolute atomic E-state index is 4.58. The number of anilines is 2. The van der Waals surface area contributed by atoms with Crippen molar-refractivity contribution in [1.29, 1.82) is 0 Å². The van der Waals surface area contributed by atoms with E-state index < -0.39 is 0 Å². The van der Waals surface area contributed by atoms with Crippen LogP contribution in [-0.2, 0) is 0 Å². The lowest BCUT2D eigenvalue weighted by Gasteiger charge is -2.40. The molecule has 31 heavy (non-hydrogen) atoms. The van der Waals surface area contributed by atoms with Crippen molar-refractivity contribution < 1.29 is 0 Å². The molecule has 2 saturated heterocycles. The molecule has 162 valence electrons. The number of aromatic nitrogens is 2. The molecule has 5 rings (SSSR count). The van der Waals surface area contributed by atoms with Crippen LogP contribution in [0.3, 0.4) is 0 Å². The molecule has 3 heterocycles. The Morgan fingerprint density at radius 3 is 2.45 bits per heavy atom. The van der Waals surface area contributed by atoms with Crippen LogP contribution >= 0.6 is 0 Å². The zero-order valence-corrected chi connectivity index (χ0v) is 19.3. The van der Waals surface area contributed by atoms with Crippen LogP contribution in [0.5, 0.6) is 0 Å². The second-order valence-corrected chi connectivity index (χ2v) is 9.47. The number of rotatable bonds is 4. The quantitative estimate of drug-likeness (QED) is 0.649. The minimum Gasteiger partial charge on any atom is -0.368 e. The van der Waals surface area contributed by atoms with E-state index in [-0.39, 0.29) is 6.04 Å². The number of nitrogens with one attached hydrogen (secondary N) is 1. The first kappa shape index (κ1) is 20.3. The average Bonchev–Trinajstić information content (AvgIpc) is 2.97. The van der Waals surface area contributed by atoms with E-state index >= 15 is 0 Å². The highest BCUT2D eigenvalue weighted by Crippen LogP contribution is 2.35. The molecule has 0 spiro atoms. The van der Waals surface area contributed by atoms with Gasteiger partial charge in [0, 0.05) is 41.6 Å². The van der Waals surface area contributed by atoms with E-state index in [0.29, 0.717) is 12.1 Å². The standard InChI is InChI=1S/C26H33N5/c1-16-7-6-8-23(17(16)2)18(3)27-26-25-13-20(11-12-24(25)19(4)28-29-26)31-14-21-9-10-22(15-31)30(21)5/h6-8,11-13,18,21-22H,9-10,14-15H2,1-5H3,(H,27,29)/t18-,21?,22?/m1/s1. The maximum atomic E-state index is 4.58. The van der Waals surface area contributed by atoms with Crippen LogP contribution in [0.1, 0.15) is 48.2 Å². The van der Waals surface area contributed by atoms with Gasteiger partial charge in [-0.3, -0.25) is 4.90 Å². The summed E-state index contributed by atoms with van der Waals surface area (Å²) < 4.78 is 0. The topological polar surface area (TPSA) is 44.3 Å².